The van der Waals surface area contributed by atoms with Crippen LogP contribution in [0.25, 0.3) is 0 Å². The van der Waals surface area contributed by atoms with Crippen LogP contribution >= 0.6 is 0 Å². The summed E-state index contributed by atoms with van der Waals surface area (Å²) < 4.78 is 5.79. The molecule has 0 radical (unpaired) electrons. The monoisotopic (exact) mass is 263 g/mol. The molecule has 104 valence electrons. The van der Waals surface area contributed by atoms with E-state index in [9.17, 15) is 9.90 Å². The van der Waals surface area contributed by atoms with E-state index in [1.165, 1.54) is 6.42 Å². The lowest BCUT2D eigenvalue weighted by atomic mass is 10.2. The Morgan fingerprint density at radius 3 is 2.95 bits per heavy atom. The molecule has 0 spiro atoms. The maximum atomic E-state index is 11.9. The van der Waals surface area contributed by atoms with Gasteiger partial charge in [0.05, 0.1) is 6.10 Å². The molecule has 2 unspecified atom stereocenters. The van der Waals surface area contributed by atoms with Gasteiger partial charge in [0.1, 0.15) is 11.5 Å². The van der Waals surface area contributed by atoms with Crippen molar-refractivity contribution in [2.45, 2.75) is 44.6 Å². The Labute approximate surface area is 113 Å². The molecular weight excluding hydrogens is 242 g/mol. The molecule has 1 amide bonds. The third-order valence-corrected chi connectivity index (χ3v) is 4.26. The Morgan fingerprint density at radius 1 is 1.53 bits per heavy atom. The molecule has 4 nitrogen and oxygen atoms in total. The molecule has 1 aromatic heterocycles. The van der Waals surface area contributed by atoms with Crippen LogP contribution in [-0.4, -0.2) is 35.1 Å². The zero-order chi connectivity index (χ0) is 13.4. The van der Waals surface area contributed by atoms with Crippen LogP contribution in [0, 0.1) is 5.92 Å². The van der Waals surface area contributed by atoms with Gasteiger partial charge >= 0.3 is 0 Å². The lowest BCUT2D eigenvalue weighted by molar-refractivity contribution is -0.130. The number of amides is 1. The van der Waals surface area contributed by atoms with E-state index in [-0.39, 0.29) is 12.0 Å². The predicted molar refractivity (Wildman–Crippen MR) is 70.8 cm³/mol. The van der Waals surface area contributed by atoms with Gasteiger partial charge in [-0.25, -0.2) is 0 Å². The van der Waals surface area contributed by atoms with E-state index >= 15 is 0 Å². The van der Waals surface area contributed by atoms with Crippen molar-refractivity contribution in [3.05, 3.63) is 23.7 Å². The van der Waals surface area contributed by atoms with Crippen molar-refractivity contribution < 1.29 is 14.3 Å². The quantitative estimate of drug-likeness (QED) is 0.903. The van der Waals surface area contributed by atoms with Crippen LogP contribution in [0.2, 0.25) is 0 Å². The zero-order valence-electron chi connectivity index (χ0n) is 11.3. The molecule has 1 aliphatic heterocycles. The maximum absolute atomic E-state index is 11.9. The number of hydrogen-bond donors (Lipinski definition) is 1. The van der Waals surface area contributed by atoms with Gasteiger partial charge in [0.2, 0.25) is 5.91 Å². The lowest BCUT2D eigenvalue weighted by Gasteiger charge is -2.14. The van der Waals surface area contributed by atoms with Gasteiger partial charge in [-0.2, -0.15) is 0 Å². The molecule has 19 heavy (non-hydrogen) atoms. The van der Waals surface area contributed by atoms with Gasteiger partial charge < -0.3 is 14.4 Å². The zero-order valence-corrected chi connectivity index (χ0v) is 11.3. The number of carbonyl (C=O) groups excluding carboxylic acids is 1. The van der Waals surface area contributed by atoms with Crippen LogP contribution in [0.5, 0.6) is 0 Å². The molecule has 2 heterocycles. The number of furan rings is 1. The number of aliphatic hydroxyl groups excluding tert-OH is 1. The highest BCUT2D eigenvalue weighted by molar-refractivity contribution is 5.76. The number of hydrogen-bond acceptors (Lipinski definition) is 3. The van der Waals surface area contributed by atoms with Gasteiger partial charge in [0, 0.05) is 31.8 Å². The molecule has 2 aliphatic rings. The minimum absolute atomic E-state index is 0.120. The molecule has 0 aromatic carbocycles. The van der Waals surface area contributed by atoms with Crippen LogP contribution < -0.4 is 0 Å². The second-order valence-electron chi connectivity index (χ2n) is 5.91. The molecule has 1 N–H and O–H groups in total. The van der Waals surface area contributed by atoms with Crippen LogP contribution in [0.4, 0.5) is 0 Å². The number of carbonyl (C=O) groups is 1. The first-order valence-electron chi connectivity index (χ1n) is 7.18. The molecule has 1 saturated heterocycles. The number of rotatable bonds is 4. The third kappa shape index (κ3) is 2.84. The average Bonchev–Trinajstić information content (AvgIpc) is 2.84. The molecule has 4 heteroatoms. The van der Waals surface area contributed by atoms with Crippen molar-refractivity contribution in [3.63, 3.8) is 0 Å². The second kappa shape index (κ2) is 5.00. The van der Waals surface area contributed by atoms with Gasteiger partial charge in [-0.3, -0.25) is 4.79 Å². The van der Waals surface area contributed by atoms with E-state index in [1.807, 2.05) is 12.1 Å². The summed E-state index contributed by atoms with van der Waals surface area (Å²) in [4.78, 5) is 13.7. The van der Waals surface area contributed by atoms with Crippen LogP contribution in [-0.2, 0) is 11.2 Å². The van der Waals surface area contributed by atoms with Crippen molar-refractivity contribution in [3.8, 4) is 0 Å². The van der Waals surface area contributed by atoms with Gasteiger partial charge in [-0.15, -0.1) is 0 Å². The topological polar surface area (TPSA) is 53.7 Å². The molecule has 3 rings (SSSR count). The molecule has 3 atom stereocenters. The normalized spacial score (nSPS) is 29.8. The fourth-order valence-electron chi connectivity index (χ4n) is 2.80. The van der Waals surface area contributed by atoms with E-state index in [0.29, 0.717) is 38.3 Å². The van der Waals surface area contributed by atoms with Gasteiger partial charge in [-0.05, 0) is 30.9 Å². The summed E-state index contributed by atoms with van der Waals surface area (Å²) in [6, 6.07) is 4.04. The SMILES string of the molecule is CC1CC1c1ccc(CCC(=O)N2CC[C@H](O)C2)o1. The Balaban J connectivity index is 1.49. The van der Waals surface area contributed by atoms with Crippen LogP contribution in [0.3, 0.4) is 0 Å². The molecule has 2 fully saturated rings. The van der Waals surface area contributed by atoms with E-state index in [4.69, 9.17) is 4.42 Å². The Kier molecular flexibility index (Phi) is 3.35. The molecule has 1 aliphatic carbocycles. The van der Waals surface area contributed by atoms with Crippen molar-refractivity contribution in [1.29, 1.82) is 0 Å². The highest BCUT2D eigenvalue weighted by Crippen LogP contribution is 2.47. The fourth-order valence-corrected chi connectivity index (χ4v) is 2.80. The first kappa shape index (κ1) is 12.7. The second-order valence-corrected chi connectivity index (χ2v) is 5.91. The van der Waals surface area contributed by atoms with Crippen LogP contribution in [0.15, 0.2) is 16.5 Å². The minimum atomic E-state index is -0.337. The van der Waals surface area contributed by atoms with Crippen LogP contribution in [0.1, 0.15) is 43.6 Å². The Bertz CT molecular complexity index is 468. The number of nitrogens with zero attached hydrogens (tertiary/aromatic N) is 1. The summed E-state index contributed by atoms with van der Waals surface area (Å²) in [7, 11) is 0. The Hall–Kier alpha value is -1.29. The number of aryl methyl sites for hydroxylation is 1. The first-order chi connectivity index (χ1) is 9.13. The van der Waals surface area contributed by atoms with Crippen molar-refractivity contribution in [2.75, 3.05) is 13.1 Å². The Morgan fingerprint density at radius 2 is 2.32 bits per heavy atom. The van der Waals surface area contributed by atoms with Crippen molar-refractivity contribution >= 4 is 5.91 Å². The van der Waals surface area contributed by atoms with E-state index in [1.54, 1.807) is 4.90 Å². The average molecular weight is 263 g/mol. The molecule has 1 aromatic rings. The van der Waals surface area contributed by atoms with Crippen molar-refractivity contribution in [2.24, 2.45) is 5.92 Å². The predicted octanol–water partition coefficient (Wildman–Crippen LogP) is 1.93. The molecule has 0 bridgehead atoms. The summed E-state index contributed by atoms with van der Waals surface area (Å²) in [6.07, 6.45) is 2.72. The highest BCUT2D eigenvalue weighted by Gasteiger charge is 2.36. The molecular formula is C15H21NO3. The van der Waals surface area contributed by atoms with Crippen molar-refractivity contribution in [1.82, 2.24) is 4.90 Å². The number of aliphatic hydroxyl groups is 1. The standard InChI is InChI=1S/C15H21NO3/c1-10-8-13(10)14-4-2-12(19-14)3-5-15(18)16-7-6-11(17)9-16/h2,4,10-11,13,17H,3,5-9H2,1H3/t10?,11-,13?/m0/s1. The smallest absolute Gasteiger partial charge is 0.223 e. The fraction of sp³-hybridized carbons (Fsp3) is 0.667. The highest BCUT2D eigenvalue weighted by atomic mass is 16.3. The van der Waals surface area contributed by atoms with Gasteiger partial charge in [0.25, 0.3) is 0 Å². The lowest BCUT2D eigenvalue weighted by Crippen LogP contribution is -2.29. The summed E-state index contributed by atoms with van der Waals surface area (Å²) in [5.74, 6) is 3.44. The first-order valence-corrected chi connectivity index (χ1v) is 7.18. The third-order valence-electron chi connectivity index (χ3n) is 4.26. The summed E-state index contributed by atoms with van der Waals surface area (Å²) in [6.45, 7) is 3.40. The summed E-state index contributed by atoms with van der Waals surface area (Å²) in [5, 5.41) is 9.42. The largest absolute Gasteiger partial charge is 0.466 e. The summed E-state index contributed by atoms with van der Waals surface area (Å²) in [5.41, 5.74) is 0. The number of β-amino-alcohol motifs (C(OH)–C–C–N with tert-alkyl or cyclic N) is 1. The summed E-state index contributed by atoms with van der Waals surface area (Å²) >= 11 is 0. The van der Waals surface area contributed by atoms with E-state index in [0.717, 1.165) is 17.4 Å². The van der Waals surface area contributed by atoms with Gasteiger partial charge in [-0.1, -0.05) is 6.92 Å². The maximum Gasteiger partial charge on any atom is 0.223 e. The number of likely N-dealkylation sites (tertiary alicyclic amines) is 1. The van der Waals surface area contributed by atoms with Gasteiger partial charge in [0.15, 0.2) is 0 Å². The minimum Gasteiger partial charge on any atom is -0.466 e. The molecule has 1 saturated carbocycles. The van der Waals surface area contributed by atoms with E-state index in [2.05, 4.69) is 6.92 Å². The van der Waals surface area contributed by atoms with E-state index < -0.39 is 0 Å².